The molecule has 0 aromatic heterocycles. The molecule has 2 N–H and O–H groups in total. The van der Waals surface area contributed by atoms with Crippen molar-refractivity contribution in [2.45, 2.75) is 44.9 Å². The van der Waals surface area contributed by atoms with Crippen LogP contribution >= 0.6 is 11.8 Å². The number of hydrogen-bond acceptors (Lipinski definition) is 3. The van der Waals surface area contributed by atoms with E-state index >= 15 is 0 Å². The summed E-state index contributed by atoms with van der Waals surface area (Å²) in [5, 5.41) is 6.85. The lowest BCUT2D eigenvalue weighted by molar-refractivity contribution is -0.126. The Morgan fingerprint density at radius 1 is 1.62 bits per heavy atom. The lowest BCUT2D eigenvalue weighted by atomic mass is 9.77. The predicted molar refractivity (Wildman–Crippen MR) is 70.8 cm³/mol. The quantitative estimate of drug-likeness (QED) is 0.790. The second kappa shape index (κ2) is 5.92. The first-order chi connectivity index (χ1) is 7.47. The molecule has 0 aliphatic carbocycles. The maximum absolute atomic E-state index is 12.1. The summed E-state index contributed by atoms with van der Waals surface area (Å²) in [4.78, 5) is 12.1. The van der Waals surface area contributed by atoms with E-state index in [-0.39, 0.29) is 17.4 Å². The topological polar surface area (TPSA) is 41.1 Å². The molecule has 4 heteroatoms. The van der Waals surface area contributed by atoms with Crippen LogP contribution in [0.3, 0.4) is 0 Å². The predicted octanol–water partition coefficient (Wildman–Crippen LogP) is 1.63. The Bertz CT molecular complexity index is 243. The molecule has 1 rings (SSSR count). The highest BCUT2D eigenvalue weighted by Gasteiger charge is 2.36. The zero-order valence-electron chi connectivity index (χ0n) is 10.8. The number of nitrogens with one attached hydrogen (secondary N) is 2. The third-order valence-electron chi connectivity index (χ3n) is 3.36. The van der Waals surface area contributed by atoms with Gasteiger partial charge in [-0.05, 0) is 31.1 Å². The molecule has 1 aliphatic heterocycles. The van der Waals surface area contributed by atoms with Gasteiger partial charge in [0.25, 0.3) is 0 Å². The number of amides is 1. The van der Waals surface area contributed by atoms with E-state index in [2.05, 4.69) is 37.7 Å². The minimum Gasteiger partial charge on any atom is -0.354 e. The largest absolute Gasteiger partial charge is 0.354 e. The average molecular weight is 244 g/mol. The molecular weight excluding hydrogens is 220 g/mol. The van der Waals surface area contributed by atoms with Crippen molar-refractivity contribution in [2.24, 2.45) is 5.41 Å². The molecule has 3 nitrogen and oxygen atoms in total. The standard InChI is InChI=1S/C12H24N2OS/c1-9(16-4)8-14-11(15)10-12(2,3)6-5-7-13-10/h9-10,13H,5-8H2,1-4H3,(H,14,15). The summed E-state index contributed by atoms with van der Waals surface area (Å²) in [5.74, 6) is 0.158. The SMILES string of the molecule is CSC(C)CNC(=O)C1NCCCC1(C)C. The monoisotopic (exact) mass is 244 g/mol. The van der Waals surface area contributed by atoms with Crippen LogP contribution in [-0.4, -0.2) is 36.5 Å². The van der Waals surface area contributed by atoms with Gasteiger partial charge in [-0.3, -0.25) is 4.79 Å². The fourth-order valence-electron chi connectivity index (χ4n) is 2.09. The van der Waals surface area contributed by atoms with E-state index in [1.54, 1.807) is 11.8 Å². The first-order valence-corrected chi connectivity index (χ1v) is 7.30. The molecule has 16 heavy (non-hydrogen) atoms. The van der Waals surface area contributed by atoms with Crippen LogP contribution in [-0.2, 0) is 4.79 Å². The highest BCUT2D eigenvalue weighted by atomic mass is 32.2. The van der Waals surface area contributed by atoms with Crippen LogP contribution in [0.4, 0.5) is 0 Å². The fraction of sp³-hybridized carbons (Fsp3) is 0.917. The second-order valence-electron chi connectivity index (χ2n) is 5.27. The molecule has 94 valence electrons. The van der Waals surface area contributed by atoms with E-state index in [0.717, 1.165) is 25.9 Å². The van der Waals surface area contributed by atoms with Gasteiger partial charge in [0.1, 0.15) is 0 Å². The Labute approximate surface area is 103 Å². The minimum atomic E-state index is -0.0321. The highest BCUT2D eigenvalue weighted by Crippen LogP contribution is 2.30. The van der Waals surface area contributed by atoms with Crippen molar-refractivity contribution in [2.75, 3.05) is 19.3 Å². The third kappa shape index (κ3) is 3.67. The number of carbonyl (C=O) groups excluding carboxylic acids is 1. The zero-order chi connectivity index (χ0) is 12.2. The van der Waals surface area contributed by atoms with Crippen molar-refractivity contribution < 1.29 is 4.79 Å². The van der Waals surface area contributed by atoms with Crippen LogP contribution < -0.4 is 10.6 Å². The normalized spacial score (nSPS) is 26.1. The smallest absolute Gasteiger partial charge is 0.237 e. The van der Waals surface area contributed by atoms with Crippen molar-refractivity contribution in [1.29, 1.82) is 0 Å². The summed E-state index contributed by atoms with van der Waals surface area (Å²) in [6, 6.07) is -0.0321. The van der Waals surface area contributed by atoms with E-state index in [4.69, 9.17) is 0 Å². The van der Waals surface area contributed by atoms with E-state index in [0.29, 0.717) is 5.25 Å². The van der Waals surface area contributed by atoms with E-state index in [9.17, 15) is 4.79 Å². The van der Waals surface area contributed by atoms with E-state index in [1.165, 1.54) is 0 Å². The number of piperidine rings is 1. The van der Waals surface area contributed by atoms with Gasteiger partial charge in [0.2, 0.25) is 5.91 Å². The van der Waals surface area contributed by atoms with Crippen LogP contribution in [0, 0.1) is 5.41 Å². The summed E-state index contributed by atoms with van der Waals surface area (Å²) in [7, 11) is 0. The van der Waals surface area contributed by atoms with Gasteiger partial charge >= 0.3 is 0 Å². The number of thioether (sulfide) groups is 1. The van der Waals surface area contributed by atoms with Gasteiger partial charge in [-0.25, -0.2) is 0 Å². The van der Waals surface area contributed by atoms with E-state index < -0.39 is 0 Å². The molecule has 1 amide bonds. The Kier molecular flexibility index (Phi) is 5.12. The molecule has 0 radical (unpaired) electrons. The van der Waals surface area contributed by atoms with Crippen LogP contribution in [0.5, 0.6) is 0 Å². The molecule has 2 unspecified atom stereocenters. The molecule has 2 atom stereocenters. The zero-order valence-corrected chi connectivity index (χ0v) is 11.6. The van der Waals surface area contributed by atoms with Gasteiger partial charge in [0.15, 0.2) is 0 Å². The molecule has 0 aromatic rings. The van der Waals surface area contributed by atoms with Crippen molar-refractivity contribution >= 4 is 17.7 Å². The number of carbonyl (C=O) groups is 1. The second-order valence-corrected chi connectivity index (χ2v) is 6.55. The maximum Gasteiger partial charge on any atom is 0.237 e. The summed E-state index contributed by atoms with van der Waals surface area (Å²) in [6.45, 7) is 8.18. The summed E-state index contributed by atoms with van der Waals surface area (Å²) in [6.07, 6.45) is 4.35. The van der Waals surface area contributed by atoms with Gasteiger partial charge < -0.3 is 10.6 Å². The number of rotatable bonds is 4. The van der Waals surface area contributed by atoms with Crippen LogP contribution in [0.25, 0.3) is 0 Å². The van der Waals surface area contributed by atoms with Crippen molar-refractivity contribution in [1.82, 2.24) is 10.6 Å². The van der Waals surface area contributed by atoms with Crippen LogP contribution in [0.1, 0.15) is 33.6 Å². The summed E-state index contributed by atoms with van der Waals surface area (Å²) in [5.41, 5.74) is 0.0743. The molecule has 1 heterocycles. The minimum absolute atomic E-state index is 0.0321. The molecule has 1 saturated heterocycles. The third-order valence-corrected chi connectivity index (χ3v) is 4.33. The Morgan fingerprint density at radius 2 is 2.31 bits per heavy atom. The summed E-state index contributed by atoms with van der Waals surface area (Å²) < 4.78 is 0. The van der Waals surface area contributed by atoms with Crippen molar-refractivity contribution in [3.8, 4) is 0 Å². The molecule has 0 saturated carbocycles. The molecule has 0 aromatic carbocycles. The molecule has 1 fully saturated rings. The fourth-order valence-corrected chi connectivity index (χ4v) is 2.34. The van der Waals surface area contributed by atoms with Crippen molar-refractivity contribution in [3.63, 3.8) is 0 Å². The molecule has 0 spiro atoms. The first-order valence-electron chi connectivity index (χ1n) is 6.01. The van der Waals surface area contributed by atoms with Gasteiger partial charge in [-0.2, -0.15) is 11.8 Å². The molecule has 0 bridgehead atoms. The van der Waals surface area contributed by atoms with Gasteiger partial charge in [-0.15, -0.1) is 0 Å². The van der Waals surface area contributed by atoms with E-state index in [1.807, 2.05) is 0 Å². The Hall–Kier alpha value is -0.220. The van der Waals surface area contributed by atoms with Gasteiger partial charge in [-0.1, -0.05) is 20.8 Å². The lowest BCUT2D eigenvalue weighted by Crippen LogP contribution is -2.56. The Morgan fingerprint density at radius 3 is 2.88 bits per heavy atom. The molecule has 1 aliphatic rings. The van der Waals surface area contributed by atoms with Gasteiger partial charge in [0.05, 0.1) is 6.04 Å². The number of hydrogen-bond donors (Lipinski definition) is 2. The lowest BCUT2D eigenvalue weighted by Gasteiger charge is -2.38. The van der Waals surface area contributed by atoms with Crippen LogP contribution in [0.15, 0.2) is 0 Å². The van der Waals surface area contributed by atoms with Gasteiger partial charge in [0, 0.05) is 11.8 Å². The first kappa shape index (κ1) is 13.8. The average Bonchev–Trinajstić information content (AvgIpc) is 2.24. The van der Waals surface area contributed by atoms with Crippen molar-refractivity contribution in [3.05, 3.63) is 0 Å². The Balaban J connectivity index is 2.46. The summed E-state index contributed by atoms with van der Waals surface area (Å²) >= 11 is 1.78. The highest BCUT2D eigenvalue weighted by molar-refractivity contribution is 7.99. The maximum atomic E-state index is 12.1. The molecular formula is C12H24N2OS. The van der Waals surface area contributed by atoms with Crippen LogP contribution in [0.2, 0.25) is 0 Å².